The van der Waals surface area contributed by atoms with Crippen molar-refractivity contribution in [2.45, 2.75) is 12.1 Å². The Morgan fingerprint density at radius 3 is 2.10 bits per heavy atom. The van der Waals surface area contributed by atoms with Crippen LogP contribution in [0.2, 0.25) is 0 Å². The van der Waals surface area contributed by atoms with Crippen LogP contribution in [-0.2, 0) is 20.0 Å². The molecule has 0 unspecified atom stereocenters. The van der Waals surface area contributed by atoms with Crippen molar-refractivity contribution >= 4 is 11.2 Å². The van der Waals surface area contributed by atoms with Gasteiger partial charge in [0, 0.05) is 14.1 Å². The second-order valence-electron chi connectivity index (χ2n) is 4.06. The van der Waals surface area contributed by atoms with Gasteiger partial charge in [0.15, 0.2) is 11.5 Å². The van der Waals surface area contributed by atoms with Crippen LogP contribution in [0, 0.1) is 0 Å². The summed E-state index contributed by atoms with van der Waals surface area (Å²) in [6.45, 7) is 0. The minimum Gasteiger partial charge on any atom is -0.331 e. The Labute approximate surface area is 106 Å². The van der Waals surface area contributed by atoms with E-state index in [4.69, 9.17) is 0 Å². The number of rotatable bonds is 1. The number of imidazole rings is 1. The first-order valence-corrected chi connectivity index (χ1v) is 5.09. The first kappa shape index (κ1) is 14.2. The highest BCUT2D eigenvalue weighted by Crippen LogP contribution is 2.42. The van der Waals surface area contributed by atoms with E-state index in [1.165, 1.54) is 0 Å². The molecule has 0 aliphatic rings. The van der Waals surface area contributed by atoms with Crippen LogP contribution in [0.3, 0.4) is 0 Å². The van der Waals surface area contributed by atoms with Crippen molar-refractivity contribution in [1.82, 2.24) is 19.1 Å². The van der Waals surface area contributed by atoms with E-state index < -0.39 is 40.3 Å². The van der Waals surface area contributed by atoms with Crippen molar-refractivity contribution in [3.63, 3.8) is 0 Å². The van der Waals surface area contributed by atoms with Crippen LogP contribution in [0.25, 0.3) is 11.2 Å². The number of aryl methyl sites for hydroxylation is 1. The summed E-state index contributed by atoms with van der Waals surface area (Å²) in [5.41, 5.74) is -3.11. The molecule has 0 saturated carbocycles. The minimum absolute atomic E-state index is 0.566. The topological polar surface area (TPSA) is 72.7 Å². The maximum absolute atomic E-state index is 13.2. The Bertz CT molecular complexity index is 797. The van der Waals surface area contributed by atoms with Gasteiger partial charge in [-0.05, 0) is 0 Å². The van der Waals surface area contributed by atoms with Gasteiger partial charge in [0.05, 0.1) is 0 Å². The van der Waals surface area contributed by atoms with Crippen LogP contribution in [0.1, 0.15) is 5.82 Å². The number of alkyl halides is 5. The summed E-state index contributed by atoms with van der Waals surface area (Å²) in [5.74, 6) is -6.99. The summed E-state index contributed by atoms with van der Waals surface area (Å²) in [7, 11) is 2.16. The zero-order chi connectivity index (χ0) is 15.5. The molecule has 2 rings (SSSR count). The second kappa shape index (κ2) is 3.90. The molecule has 0 fully saturated rings. The van der Waals surface area contributed by atoms with E-state index in [2.05, 4.69) is 4.98 Å². The molecule has 1 N–H and O–H groups in total. The lowest BCUT2D eigenvalue weighted by molar-refractivity contribution is -0.292. The third-order valence-electron chi connectivity index (χ3n) is 2.75. The zero-order valence-electron chi connectivity index (χ0n) is 10.0. The van der Waals surface area contributed by atoms with Crippen LogP contribution in [-0.4, -0.2) is 25.3 Å². The molecule has 0 aliphatic carbocycles. The van der Waals surface area contributed by atoms with Gasteiger partial charge in [-0.25, -0.2) is 9.78 Å². The van der Waals surface area contributed by atoms with Crippen LogP contribution in [0.5, 0.6) is 0 Å². The number of aromatic nitrogens is 4. The normalized spacial score (nSPS) is 13.2. The minimum atomic E-state index is -5.87. The third kappa shape index (κ3) is 1.72. The smallest absolute Gasteiger partial charge is 0.331 e. The molecular formula is C9H7F5N4O2. The lowest BCUT2D eigenvalue weighted by Crippen LogP contribution is -2.36. The number of fused-ring (bicyclic) bond motifs is 1. The first-order valence-electron chi connectivity index (χ1n) is 5.09. The predicted molar refractivity (Wildman–Crippen MR) is 56.5 cm³/mol. The monoisotopic (exact) mass is 298 g/mol. The standard InChI is InChI=1S/C9H7F5N4O2/c1-17-4-3(5(19)18(2)7(17)20)15-6(16-4)8(10,11)9(12,13)14/h1-2H3,(H,15,16). The van der Waals surface area contributed by atoms with Gasteiger partial charge in [-0.3, -0.25) is 13.9 Å². The summed E-state index contributed by atoms with van der Waals surface area (Å²) in [6, 6.07) is 0. The quantitative estimate of drug-likeness (QED) is 0.784. The van der Waals surface area contributed by atoms with Crippen LogP contribution < -0.4 is 11.2 Å². The second-order valence-corrected chi connectivity index (χ2v) is 4.06. The van der Waals surface area contributed by atoms with Crippen molar-refractivity contribution in [2.24, 2.45) is 14.1 Å². The molecular weight excluding hydrogens is 291 g/mol. The van der Waals surface area contributed by atoms with Crippen molar-refractivity contribution in [1.29, 1.82) is 0 Å². The highest BCUT2D eigenvalue weighted by atomic mass is 19.4. The van der Waals surface area contributed by atoms with Gasteiger partial charge in [-0.15, -0.1) is 0 Å². The van der Waals surface area contributed by atoms with Gasteiger partial charge >= 0.3 is 17.8 Å². The van der Waals surface area contributed by atoms with Crippen molar-refractivity contribution in [3.8, 4) is 0 Å². The molecule has 0 saturated heterocycles. The van der Waals surface area contributed by atoms with Crippen LogP contribution in [0.4, 0.5) is 22.0 Å². The molecule has 110 valence electrons. The zero-order valence-corrected chi connectivity index (χ0v) is 10.0. The molecule has 0 spiro atoms. The number of hydrogen-bond acceptors (Lipinski definition) is 3. The number of nitrogens with zero attached hydrogens (tertiary/aromatic N) is 3. The Kier molecular flexibility index (Phi) is 2.77. The highest BCUT2D eigenvalue weighted by Gasteiger charge is 2.61. The lowest BCUT2D eigenvalue weighted by Gasteiger charge is -2.16. The molecule has 0 aliphatic heterocycles. The summed E-state index contributed by atoms with van der Waals surface area (Å²) >= 11 is 0. The average Bonchev–Trinajstić information content (AvgIpc) is 2.78. The molecule has 2 aromatic rings. The van der Waals surface area contributed by atoms with Crippen molar-refractivity contribution in [2.75, 3.05) is 0 Å². The van der Waals surface area contributed by atoms with Gasteiger partial charge in [0.1, 0.15) is 5.52 Å². The average molecular weight is 298 g/mol. The summed E-state index contributed by atoms with van der Waals surface area (Å²) in [4.78, 5) is 27.8. The van der Waals surface area contributed by atoms with E-state index in [0.717, 1.165) is 14.1 Å². The SMILES string of the molecule is Cn1c(=O)c2[nH]c(C(F)(F)C(F)(F)F)nc2n(C)c1=O. The molecule has 6 nitrogen and oxygen atoms in total. The van der Waals surface area contributed by atoms with E-state index in [-0.39, 0.29) is 0 Å². The molecule has 2 aromatic heterocycles. The first-order chi connectivity index (χ1) is 8.98. The van der Waals surface area contributed by atoms with Crippen LogP contribution in [0.15, 0.2) is 9.59 Å². The van der Waals surface area contributed by atoms with E-state index in [0.29, 0.717) is 9.13 Å². The maximum atomic E-state index is 13.2. The van der Waals surface area contributed by atoms with Gasteiger partial charge < -0.3 is 4.98 Å². The van der Waals surface area contributed by atoms with Gasteiger partial charge in [0.2, 0.25) is 0 Å². The fourth-order valence-corrected chi connectivity index (χ4v) is 1.61. The van der Waals surface area contributed by atoms with Crippen LogP contribution >= 0.6 is 0 Å². The molecule has 0 radical (unpaired) electrons. The largest absolute Gasteiger partial charge is 0.461 e. The number of H-pyrrole nitrogens is 1. The van der Waals surface area contributed by atoms with E-state index in [1.54, 1.807) is 4.98 Å². The Morgan fingerprint density at radius 1 is 1.05 bits per heavy atom. The van der Waals surface area contributed by atoms with Gasteiger partial charge in [-0.1, -0.05) is 0 Å². The Morgan fingerprint density at radius 2 is 1.60 bits per heavy atom. The van der Waals surface area contributed by atoms with Gasteiger partial charge in [-0.2, -0.15) is 22.0 Å². The molecule has 0 aromatic carbocycles. The molecule has 0 bridgehead atoms. The lowest BCUT2D eigenvalue weighted by atomic mass is 10.3. The predicted octanol–water partition coefficient (Wildman–Crippen LogP) is 0.614. The van der Waals surface area contributed by atoms with E-state index >= 15 is 0 Å². The Hall–Kier alpha value is -2.20. The molecule has 0 amide bonds. The third-order valence-corrected chi connectivity index (χ3v) is 2.75. The van der Waals surface area contributed by atoms with E-state index in [9.17, 15) is 31.5 Å². The number of hydrogen-bond donors (Lipinski definition) is 1. The molecule has 20 heavy (non-hydrogen) atoms. The summed E-state index contributed by atoms with van der Waals surface area (Å²) in [5, 5.41) is 0. The molecule has 0 atom stereocenters. The maximum Gasteiger partial charge on any atom is 0.461 e. The molecule has 2 heterocycles. The fraction of sp³-hybridized carbons (Fsp3) is 0.444. The van der Waals surface area contributed by atoms with Gasteiger partial charge in [0.25, 0.3) is 5.56 Å². The van der Waals surface area contributed by atoms with Crippen molar-refractivity contribution < 1.29 is 22.0 Å². The fourth-order valence-electron chi connectivity index (χ4n) is 1.61. The highest BCUT2D eigenvalue weighted by molar-refractivity contribution is 5.69. The number of aromatic amines is 1. The Balaban J connectivity index is 2.86. The number of nitrogens with one attached hydrogen (secondary N) is 1. The van der Waals surface area contributed by atoms with E-state index in [1.807, 2.05) is 0 Å². The molecule has 11 heteroatoms. The summed E-state index contributed by atoms with van der Waals surface area (Å²) < 4.78 is 64.3. The number of halogens is 5. The summed E-state index contributed by atoms with van der Waals surface area (Å²) in [6.07, 6.45) is -5.87. The van der Waals surface area contributed by atoms with Crippen molar-refractivity contribution in [3.05, 3.63) is 26.7 Å².